The molecule has 21 heavy (non-hydrogen) atoms. The summed E-state index contributed by atoms with van der Waals surface area (Å²) in [5.41, 5.74) is 1.71. The van der Waals surface area contributed by atoms with Crippen LogP contribution in [0.2, 0.25) is 10.0 Å². The molecule has 3 nitrogen and oxygen atoms in total. The predicted molar refractivity (Wildman–Crippen MR) is 88.1 cm³/mol. The summed E-state index contributed by atoms with van der Waals surface area (Å²) < 4.78 is 0. The summed E-state index contributed by atoms with van der Waals surface area (Å²) in [6, 6.07) is 9.16. The number of rotatable bonds is 2. The number of carbonyl (C=O) groups is 1. The van der Waals surface area contributed by atoms with E-state index >= 15 is 0 Å². The summed E-state index contributed by atoms with van der Waals surface area (Å²) in [5, 5.41) is 0.883. The molecule has 1 aromatic carbocycles. The average molecular weight is 339 g/mol. The monoisotopic (exact) mass is 338 g/mol. The first-order valence-corrected chi connectivity index (χ1v) is 8.19. The van der Waals surface area contributed by atoms with E-state index in [-0.39, 0.29) is 11.3 Å². The van der Waals surface area contributed by atoms with Gasteiger partial charge in [-0.25, -0.2) is 4.98 Å². The van der Waals surface area contributed by atoms with Crippen molar-refractivity contribution in [3.8, 4) is 0 Å². The topological polar surface area (TPSA) is 33.2 Å². The number of anilines is 1. The van der Waals surface area contributed by atoms with Gasteiger partial charge in [0.05, 0.1) is 5.75 Å². The van der Waals surface area contributed by atoms with Crippen LogP contribution in [-0.2, 0) is 4.79 Å². The Labute approximate surface area is 137 Å². The van der Waals surface area contributed by atoms with Gasteiger partial charge >= 0.3 is 0 Å². The highest BCUT2D eigenvalue weighted by molar-refractivity contribution is 8.00. The number of amides is 1. The van der Waals surface area contributed by atoms with E-state index < -0.39 is 0 Å². The fraction of sp³-hybridized carbons (Fsp3) is 0.200. The summed E-state index contributed by atoms with van der Waals surface area (Å²) in [6.07, 6.45) is 1.68. The lowest BCUT2D eigenvalue weighted by Crippen LogP contribution is -2.29. The smallest absolute Gasteiger partial charge is 0.239 e. The number of halogens is 2. The third-order valence-corrected chi connectivity index (χ3v) is 5.16. The number of thioether (sulfide) groups is 1. The van der Waals surface area contributed by atoms with Gasteiger partial charge in [-0.2, -0.15) is 0 Å². The van der Waals surface area contributed by atoms with Gasteiger partial charge in [0.2, 0.25) is 5.91 Å². The number of pyridine rings is 1. The molecule has 0 spiro atoms. The molecule has 2 heterocycles. The minimum atomic E-state index is -0.243. The van der Waals surface area contributed by atoms with Crippen molar-refractivity contribution in [1.82, 2.24) is 4.98 Å². The van der Waals surface area contributed by atoms with Crippen molar-refractivity contribution in [2.75, 3.05) is 10.7 Å². The van der Waals surface area contributed by atoms with Gasteiger partial charge in [0.15, 0.2) is 0 Å². The van der Waals surface area contributed by atoms with Crippen LogP contribution in [0.25, 0.3) is 0 Å². The van der Waals surface area contributed by atoms with Gasteiger partial charge in [-0.3, -0.25) is 9.69 Å². The van der Waals surface area contributed by atoms with E-state index in [0.29, 0.717) is 21.6 Å². The standard InChI is InChI=1S/C15H12Cl2N2OS/c1-9-4-3-7-18-14(9)19-12(20)8-21-15(19)13-10(16)5-2-6-11(13)17/h2-7,15H,8H2,1H3. The van der Waals surface area contributed by atoms with Crippen LogP contribution in [0, 0.1) is 6.92 Å². The average Bonchev–Trinajstić information content (AvgIpc) is 2.81. The Morgan fingerprint density at radius 2 is 1.95 bits per heavy atom. The molecule has 2 aromatic rings. The minimum absolute atomic E-state index is 0.0165. The van der Waals surface area contributed by atoms with Crippen molar-refractivity contribution in [3.63, 3.8) is 0 Å². The van der Waals surface area contributed by atoms with Crippen molar-refractivity contribution in [1.29, 1.82) is 0 Å². The zero-order valence-electron chi connectivity index (χ0n) is 11.2. The molecule has 6 heteroatoms. The van der Waals surface area contributed by atoms with Gasteiger partial charge in [0, 0.05) is 21.8 Å². The molecule has 1 aromatic heterocycles. The quantitative estimate of drug-likeness (QED) is 0.809. The molecule has 0 bridgehead atoms. The number of carbonyl (C=O) groups excluding carboxylic acids is 1. The summed E-state index contributed by atoms with van der Waals surface area (Å²) in [7, 11) is 0. The Morgan fingerprint density at radius 1 is 1.24 bits per heavy atom. The van der Waals surface area contributed by atoms with Gasteiger partial charge in [-0.15, -0.1) is 11.8 Å². The Bertz CT molecular complexity index is 688. The maximum atomic E-state index is 12.3. The Morgan fingerprint density at radius 3 is 2.62 bits per heavy atom. The van der Waals surface area contributed by atoms with Crippen molar-refractivity contribution in [3.05, 3.63) is 57.7 Å². The largest absolute Gasteiger partial charge is 0.279 e. The summed E-state index contributed by atoms with van der Waals surface area (Å²) in [6.45, 7) is 1.93. The molecule has 3 rings (SSSR count). The predicted octanol–water partition coefficient (Wildman–Crippen LogP) is 4.48. The van der Waals surface area contributed by atoms with Crippen molar-refractivity contribution in [2.24, 2.45) is 0 Å². The number of hydrogen-bond acceptors (Lipinski definition) is 3. The van der Waals surface area contributed by atoms with Gasteiger partial charge in [0.25, 0.3) is 0 Å². The molecule has 1 atom stereocenters. The number of hydrogen-bond donors (Lipinski definition) is 0. The highest BCUT2D eigenvalue weighted by Crippen LogP contribution is 2.46. The number of benzene rings is 1. The van der Waals surface area contributed by atoms with Crippen LogP contribution in [0.1, 0.15) is 16.5 Å². The molecule has 0 saturated carbocycles. The molecule has 0 N–H and O–H groups in total. The molecular weight excluding hydrogens is 327 g/mol. The first-order chi connectivity index (χ1) is 10.1. The normalized spacial score (nSPS) is 18.3. The number of aromatic nitrogens is 1. The van der Waals surface area contributed by atoms with Gasteiger partial charge in [-0.05, 0) is 30.7 Å². The molecule has 1 amide bonds. The number of nitrogens with zero attached hydrogens (tertiary/aromatic N) is 2. The Hall–Kier alpha value is -1.23. The van der Waals surface area contributed by atoms with E-state index in [2.05, 4.69) is 4.98 Å². The lowest BCUT2D eigenvalue weighted by molar-refractivity contribution is -0.115. The molecule has 108 valence electrons. The first kappa shape index (κ1) is 14.7. The molecule has 1 unspecified atom stereocenters. The molecule has 1 aliphatic heterocycles. The molecule has 1 aliphatic rings. The van der Waals surface area contributed by atoms with Gasteiger partial charge in [-0.1, -0.05) is 35.3 Å². The van der Waals surface area contributed by atoms with Crippen molar-refractivity contribution in [2.45, 2.75) is 12.3 Å². The van der Waals surface area contributed by atoms with Crippen molar-refractivity contribution >= 4 is 46.7 Å². The molecular formula is C15H12Cl2N2OS. The van der Waals surface area contributed by atoms with E-state index in [1.54, 1.807) is 29.3 Å². The Kier molecular flexibility index (Phi) is 4.11. The van der Waals surface area contributed by atoms with E-state index in [9.17, 15) is 4.79 Å². The minimum Gasteiger partial charge on any atom is -0.279 e. The van der Waals surface area contributed by atoms with Crippen LogP contribution >= 0.6 is 35.0 Å². The summed E-state index contributed by atoms with van der Waals surface area (Å²) in [5.74, 6) is 1.07. The van der Waals surface area contributed by atoms with Crippen LogP contribution in [0.5, 0.6) is 0 Å². The maximum Gasteiger partial charge on any atom is 0.239 e. The fourth-order valence-corrected chi connectivity index (χ4v) is 4.30. The van der Waals surface area contributed by atoms with Crippen LogP contribution < -0.4 is 4.90 Å². The number of aryl methyl sites for hydroxylation is 1. The summed E-state index contributed by atoms with van der Waals surface area (Å²) >= 11 is 14.1. The molecule has 1 saturated heterocycles. The second kappa shape index (κ2) is 5.87. The molecule has 0 radical (unpaired) electrons. The second-order valence-electron chi connectivity index (χ2n) is 4.71. The first-order valence-electron chi connectivity index (χ1n) is 6.39. The summed E-state index contributed by atoms with van der Waals surface area (Å²) in [4.78, 5) is 18.4. The van der Waals surface area contributed by atoms with Crippen LogP contribution in [0.4, 0.5) is 5.82 Å². The van der Waals surface area contributed by atoms with Crippen LogP contribution in [-0.4, -0.2) is 16.6 Å². The fourth-order valence-electron chi connectivity index (χ4n) is 2.34. The Balaban J connectivity index is 2.11. The lowest BCUT2D eigenvalue weighted by Gasteiger charge is -2.25. The van der Waals surface area contributed by atoms with Crippen LogP contribution in [0.3, 0.4) is 0 Å². The molecule has 0 aliphatic carbocycles. The van der Waals surface area contributed by atoms with E-state index in [1.165, 1.54) is 11.8 Å². The van der Waals surface area contributed by atoms with E-state index in [1.807, 2.05) is 19.1 Å². The lowest BCUT2D eigenvalue weighted by atomic mass is 10.2. The SMILES string of the molecule is Cc1cccnc1N1C(=O)CSC1c1c(Cl)cccc1Cl. The van der Waals surface area contributed by atoms with E-state index in [4.69, 9.17) is 23.2 Å². The third-order valence-electron chi connectivity index (χ3n) is 3.32. The third kappa shape index (κ3) is 2.63. The zero-order valence-corrected chi connectivity index (χ0v) is 13.5. The molecule has 1 fully saturated rings. The van der Waals surface area contributed by atoms with E-state index in [0.717, 1.165) is 11.1 Å². The van der Waals surface area contributed by atoms with Gasteiger partial charge < -0.3 is 0 Å². The highest BCUT2D eigenvalue weighted by Gasteiger charge is 2.37. The zero-order chi connectivity index (χ0) is 15.0. The van der Waals surface area contributed by atoms with Gasteiger partial charge in [0.1, 0.15) is 11.2 Å². The second-order valence-corrected chi connectivity index (χ2v) is 6.59. The van der Waals surface area contributed by atoms with Crippen molar-refractivity contribution < 1.29 is 4.79 Å². The van der Waals surface area contributed by atoms with Crippen LogP contribution in [0.15, 0.2) is 36.5 Å². The maximum absolute atomic E-state index is 12.3. The highest BCUT2D eigenvalue weighted by atomic mass is 35.5.